The van der Waals surface area contributed by atoms with E-state index in [-0.39, 0.29) is 6.10 Å². The van der Waals surface area contributed by atoms with Crippen LogP contribution in [0.2, 0.25) is 0 Å². The van der Waals surface area contributed by atoms with Crippen LogP contribution in [0, 0.1) is 5.92 Å². The minimum Gasteiger partial charge on any atom is -0.487 e. The van der Waals surface area contributed by atoms with Gasteiger partial charge in [-0.3, -0.25) is 0 Å². The van der Waals surface area contributed by atoms with E-state index < -0.39 is 0 Å². The van der Waals surface area contributed by atoms with Gasteiger partial charge in [0.05, 0.1) is 12.2 Å². The first-order chi connectivity index (χ1) is 9.76. The number of hydrogen-bond acceptors (Lipinski definition) is 3. The van der Waals surface area contributed by atoms with Crippen LogP contribution < -0.4 is 15.0 Å². The lowest BCUT2D eigenvalue weighted by Crippen LogP contribution is -2.38. The van der Waals surface area contributed by atoms with E-state index in [2.05, 4.69) is 42.3 Å². The molecule has 1 N–H and O–H groups in total. The molecule has 110 valence electrons. The van der Waals surface area contributed by atoms with Crippen LogP contribution in [0.15, 0.2) is 18.2 Å². The van der Waals surface area contributed by atoms with Crippen LogP contribution in [0.5, 0.6) is 5.75 Å². The second kappa shape index (κ2) is 6.04. The number of benzene rings is 1. The summed E-state index contributed by atoms with van der Waals surface area (Å²) in [6.07, 6.45) is 4.15. The van der Waals surface area contributed by atoms with Crippen molar-refractivity contribution in [2.45, 2.75) is 39.2 Å². The second-order valence-electron chi connectivity index (χ2n) is 6.19. The van der Waals surface area contributed by atoms with Gasteiger partial charge in [-0.25, -0.2) is 0 Å². The number of piperidine rings is 1. The van der Waals surface area contributed by atoms with Gasteiger partial charge >= 0.3 is 0 Å². The fourth-order valence-electron chi connectivity index (χ4n) is 3.43. The fourth-order valence-corrected chi connectivity index (χ4v) is 3.43. The zero-order valence-electron chi connectivity index (χ0n) is 12.7. The Bertz CT molecular complexity index is 454. The summed E-state index contributed by atoms with van der Waals surface area (Å²) in [5, 5.41) is 3.51. The van der Waals surface area contributed by atoms with Crippen LogP contribution in [0.4, 0.5) is 5.69 Å². The minimum absolute atomic E-state index is 0.288. The highest BCUT2D eigenvalue weighted by Crippen LogP contribution is 2.34. The maximum atomic E-state index is 5.95. The van der Waals surface area contributed by atoms with Gasteiger partial charge < -0.3 is 15.0 Å². The molecule has 2 heterocycles. The average molecular weight is 274 g/mol. The third-order valence-electron chi connectivity index (χ3n) is 4.47. The Morgan fingerprint density at radius 2 is 2.30 bits per heavy atom. The molecule has 0 aromatic heterocycles. The molecule has 3 heteroatoms. The zero-order chi connectivity index (χ0) is 13.9. The van der Waals surface area contributed by atoms with Crippen LogP contribution in [0.3, 0.4) is 0 Å². The molecule has 0 radical (unpaired) electrons. The molecule has 1 fully saturated rings. The van der Waals surface area contributed by atoms with Gasteiger partial charge in [0.25, 0.3) is 0 Å². The van der Waals surface area contributed by atoms with Gasteiger partial charge in [-0.05, 0) is 69.8 Å². The van der Waals surface area contributed by atoms with Crippen molar-refractivity contribution < 1.29 is 4.74 Å². The molecular formula is C17H26N2O. The molecule has 1 saturated heterocycles. The smallest absolute Gasteiger partial charge is 0.143 e. The van der Waals surface area contributed by atoms with Gasteiger partial charge in [0, 0.05) is 6.54 Å². The van der Waals surface area contributed by atoms with Crippen molar-refractivity contribution in [3.8, 4) is 5.75 Å². The molecule has 2 aliphatic rings. The van der Waals surface area contributed by atoms with Crippen LogP contribution >= 0.6 is 0 Å². The van der Waals surface area contributed by atoms with Crippen molar-refractivity contribution in [2.75, 3.05) is 31.1 Å². The maximum Gasteiger partial charge on any atom is 0.143 e. The number of hydrogen-bond donors (Lipinski definition) is 1. The number of ether oxygens (including phenoxy) is 1. The maximum absolute atomic E-state index is 5.95. The first-order valence-electron chi connectivity index (χ1n) is 8.01. The Morgan fingerprint density at radius 3 is 3.05 bits per heavy atom. The Hall–Kier alpha value is -1.22. The van der Waals surface area contributed by atoms with Gasteiger partial charge in [0.2, 0.25) is 0 Å². The summed E-state index contributed by atoms with van der Waals surface area (Å²) in [5.74, 6) is 1.84. The van der Waals surface area contributed by atoms with Gasteiger partial charge in [-0.2, -0.15) is 0 Å². The SMILES string of the molecule is CCN1CC(C)Oc2ccc(CC3CCCNC3)cc21. The number of nitrogens with zero attached hydrogens (tertiary/aromatic N) is 1. The van der Waals surface area contributed by atoms with E-state index >= 15 is 0 Å². The largest absolute Gasteiger partial charge is 0.487 e. The van der Waals surface area contributed by atoms with Gasteiger partial charge in [0.1, 0.15) is 11.9 Å². The van der Waals surface area contributed by atoms with E-state index in [1.54, 1.807) is 0 Å². The number of nitrogens with one attached hydrogen (secondary N) is 1. The summed E-state index contributed by atoms with van der Waals surface area (Å²) in [5.41, 5.74) is 2.74. The minimum atomic E-state index is 0.288. The molecule has 0 bridgehead atoms. The first-order valence-corrected chi connectivity index (χ1v) is 8.01. The number of fused-ring (bicyclic) bond motifs is 1. The normalized spacial score (nSPS) is 26.0. The van der Waals surface area contributed by atoms with Crippen molar-refractivity contribution in [1.82, 2.24) is 5.32 Å². The summed E-state index contributed by atoms with van der Waals surface area (Å²) in [6, 6.07) is 6.76. The zero-order valence-corrected chi connectivity index (χ0v) is 12.7. The lowest BCUT2D eigenvalue weighted by atomic mass is 9.92. The molecule has 0 aliphatic carbocycles. The Kier molecular flexibility index (Phi) is 4.16. The quantitative estimate of drug-likeness (QED) is 0.917. The van der Waals surface area contributed by atoms with E-state index in [0.717, 1.165) is 24.8 Å². The second-order valence-corrected chi connectivity index (χ2v) is 6.19. The van der Waals surface area contributed by atoms with E-state index in [4.69, 9.17) is 4.74 Å². The molecule has 2 atom stereocenters. The Morgan fingerprint density at radius 1 is 1.40 bits per heavy atom. The van der Waals surface area contributed by atoms with E-state index in [1.807, 2.05) is 0 Å². The fraction of sp³-hybridized carbons (Fsp3) is 0.647. The van der Waals surface area contributed by atoms with Gasteiger partial charge in [0.15, 0.2) is 0 Å². The summed E-state index contributed by atoms with van der Waals surface area (Å²) >= 11 is 0. The highest BCUT2D eigenvalue weighted by atomic mass is 16.5. The summed E-state index contributed by atoms with van der Waals surface area (Å²) < 4.78 is 5.95. The van der Waals surface area contributed by atoms with Crippen LogP contribution in [0.1, 0.15) is 32.3 Å². The molecule has 3 nitrogen and oxygen atoms in total. The highest BCUT2D eigenvalue weighted by Gasteiger charge is 2.22. The van der Waals surface area contributed by atoms with E-state index in [9.17, 15) is 0 Å². The summed E-state index contributed by atoms with van der Waals surface area (Å²) in [7, 11) is 0. The predicted octanol–water partition coefficient (Wildman–Crippen LogP) is 2.84. The van der Waals surface area contributed by atoms with E-state index in [0.29, 0.717) is 0 Å². The van der Waals surface area contributed by atoms with Crippen LogP contribution in [0.25, 0.3) is 0 Å². The Labute approximate surface area is 122 Å². The standard InChI is InChI=1S/C17H26N2O/c1-3-19-12-13(2)20-17-7-6-14(10-16(17)19)9-15-5-4-8-18-11-15/h6-7,10,13,15,18H,3-5,8-9,11-12H2,1-2H3. The average Bonchev–Trinajstić information content (AvgIpc) is 2.48. The van der Waals surface area contributed by atoms with Crippen molar-refractivity contribution in [3.63, 3.8) is 0 Å². The molecule has 1 aromatic rings. The van der Waals surface area contributed by atoms with E-state index in [1.165, 1.54) is 43.6 Å². The first kappa shape index (κ1) is 13.7. The van der Waals surface area contributed by atoms with Gasteiger partial charge in [-0.1, -0.05) is 6.07 Å². The molecule has 0 spiro atoms. The van der Waals surface area contributed by atoms with Gasteiger partial charge in [-0.15, -0.1) is 0 Å². The van der Waals surface area contributed by atoms with Crippen molar-refractivity contribution in [3.05, 3.63) is 23.8 Å². The molecule has 20 heavy (non-hydrogen) atoms. The molecule has 2 aliphatic heterocycles. The summed E-state index contributed by atoms with van der Waals surface area (Å²) in [6.45, 7) is 8.78. The molecular weight excluding hydrogens is 248 g/mol. The molecule has 0 saturated carbocycles. The molecule has 1 aromatic carbocycles. The molecule has 0 amide bonds. The van der Waals surface area contributed by atoms with Crippen LogP contribution in [-0.2, 0) is 6.42 Å². The van der Waals surface area contributed by atoms with Crippen molar-refractivity contribution in [1.29, 1.82) is 0 Å². The number of rotatable bonds is 3. The molecule has 2 unspecified atom stereocenters. The topological polar surface area (TPSA) is 24.5 Å². The monoisotopic (exact) mass is 274 g/mol. The third-order valence-corrected chi connectivity index (χ3v) is 4.47. The Balaban J connectivity index is 1.77. The lowest BCUT2D eigenvalue weighted by molar-refractivity contribution is 0.213. The lowest BCUT2D eigenvalue weighted by Gasteiger charge is -2.34. The third kappa shape index (κ3) is 2.93. The van der Waals surface area contributed by atoms with Crippen LogP contribution in [-0.4, -0.2) is 32.3 Å². The molecule has 3 rings (SSSR count). The highest BCUT2D eigenvalue weighted by molar-refractivity contribution is 5.61. The summed E-state index contributed by atoms with van der Waals surface area (Å²) in [4.78, 5) is 2.44. The van der Waals surface area contributed by atoms with Crippen molar-refractivity contribution in [2.24, 2.45) is 5.92 Å². The van der Waals surface area contributed by atoms with Crippen molar-refractivity contribution >= 4 is 5.69 Å². The predicted molar refractivity (Wildman–Crippen MR) is 83.7 cm³/mol. The number of anilines is 1. The number of likely N-dealkylation sites (N-methyl/N-ethyl adjacent to an activating group) is 1.